The molecule has 0 spiro atoms. The van der Waals surface area contributed by atoms with Gasteiger partial charge in [-0.1, -0.05) is 24.2 Å². The van der Waals surface area contributed by atoms with Crippen LogP contribution in [0.25, 0.3) is 11.3 Å². The van der Waals surface area contributed by atoms with Crippen LogP contribution < -0.4 is 5.73 Å². The number of hydrogen-bond acceptors (Lipinski definition) is 3. The van der Waals surface area contributed by atoms with Gasteiger partial charge in [-0.25, -0.2) is 0 Å². The lowest BCUT2D eigenvalue weighted by Crippen LogP contribution is -2.13. The monoisotopic (exact) mass is 284 g/mol. The minimum Gasteiger partial charge on any atom is -0.365 e. The van der Waals surface area contributed by atoms with Crippen molar-refractivity contribution in [2.45, 2.75) is 19.5 Å². The Morgan fingerprint density at radius 3 is 2.35 bits per heavy atom. The van der Waals surface area contributed by atoms with Gasteiger partial charge in [0.15, 0.2) is 0 Å². The topological polar surface area (TPSA) is 69.1 Å². The molecule has 106 valence electrons. The Balaban J connectivity index is 2.47. The summed E-state index contributed by atoms with van der Waals surface area (Å²) in [5.74, 6) is -0.412. The fourth-order valence-corrected chi connectivity index (χ4v) is 1.83. The average molecular weight is 284 g/mol. The van der Waals surface area contributed by atoms with Crippen LogP contribution in [0.2, 0.25) is 0 Å². The number of primary amides is 1. The first-order valence-electron chi connectivity index (χ1n) is 5.80. The first kappa shape index (κ1) is 14.1. The van der Waals surface area contributed by atoms with Crippen molar-refractivity contribution >= 4 is 5.91 Å². The second-order valence-corrected chi connectivity index (χ2v) is 4.12. The fourth-order valence-electron chi connectivity index (χ4n) is 1.83. The van der Waals surface area contributed by atoms with Gasteiger partial charge in [-0.2, -0.15) is 13.2 Å². The van der Waals surface area contributed by atoms with Crippen molar-refractivity contribution in [1.82, 2.24) is 5.16 Å². The molecule has 0 saturated carbocycles. The molecule has 0 fully saturated rings. The quantitative estimate of drug-likeness (QED) is 0.941. The van der Waals surface area contributed by atoms with E-state index in [9.17, 15) is 18.0 Å². The van der Waals surface area contributed by atoms with Crippen LogP contribution in [0.15, 0.2) is 28.8 Å². The van der Waals surface area contributed by atoms with Crippen molar-refractivity contribution in [2.24, 2.45) is 5.73 Å². The van der Waals surface area contributed by atoms with Crippen molar-refractivity contribution < 1.29 is 22.5 Å². The highest BCUT2D eigenvalue weighted by atomic mass is 19.4. The van der Waals surface area contributed by atoms with Gasteiger partial charge in [0.2, 0.25) is 0 Å². The van der Waals surface area contributed by atoms with E-state index in [0.717, 1.165) is 12.1 Å². The maximum absolute atomic E-state index is 12.5. The lowest BCUT2D eigenvalue weighted by Gasteiger charge is -2.06. The molecule has 0 atom stereocenters. The molecule has 1 aromatic heterocycles. The smallest absolute Gasteiger partial charge is 0.365 e. The van der Waals surface area contributed by atoms with Crippen LogP contribution in [-0.4, -0.2) is 11.1 Å². The van der Waals surface area contributed by atoms with E-state index >= 15 is 0 Å². The molecule has 7 heteroatoms. The number of aromatic nitrogens is 1. The molecule has 1 amide bonds. The second kappa shape index (κ2) is 4.99. The van der Waals surface area contributed by atoms with E-state index in [2.05, 4.69) is 5.16 Å². The third kappa shape index (κ3) is 2.52. The first-order valence-corrected chi connectivity index (χ1v) is 5.80. The number of carbonyl (C=O) groups is 1. The summed E-state index contributed by atoms with van der Waals surface area (Å²) in [5.41, 5.74) is 5.08. The zero-order chi connectivity index (χ0) is 14.9. The van der Waals surface area contributed by atoms with Crippen LogP contribution >= 0.6 is 0 Å². The standard InChI is InChI=1S/C13H11F3N2O2/c1-2-9-10(12(17)19)11(18-20-9)7-3-5-8(6-4-7)13(14,15)16/h3-6H,2H2,1H3,(H2,17,19). The largest absolute Gasteiger partial charge is 0.416 e. The van der Waals surface area contributed by atoms with Crippen LogP contribution in [0, 0.1) is 0 Å². The number of hydrogen-bond donors (Lipinski definition) is 1. The molecule has 1 aromatic carbocycles. The SMILES string of the molecule is CCc1onc(-c2ccc(C(F)(F)F)cc2)c1C(N)=O. The van der Waals surface area contributed by atoms with Gasteiger partial charge in [0.1, 0.15) is 17.0 Å². The van der Waals surface area contributed by atoms with Gasteiger partial charge in [0, 0.05) is 12.0 Å². The minimum atomic E-state index is -4.41. The summed E-state index contributed by atoms with van der Waals surface area (Å²) in [6.07, 6.45) is -4.00. The maximum atomic E-state index is 12.5. The summed E-state index contributed by atoms with van der Waals surface area (Å²) in [5, 5.41) is 3.71. The summed E-state index contributed by atoms with van der Waals surface area (Å²) < 4.78 is 42.4. The Morgan fingerprint density at radius 1 is 1.30 bits per heavy atom. The van der Waals surface area contributed by atoms with Crippen LogP contribution in [0.4, 0.5) is 13.2 Å². The number of rotatable bonds is 3. The first-order chi connectivity index (χ1) is 9.34. The molecule has 0 aliphatic rings. The van der Waals surface area contributed by atoms with Crippen molar-refractivity contribution in [3.63, 3.8) is 0 Å². The van der Waals surface area contributed by atoms with E-state index in [1.807, 2.05) is 0 Å². The normalized spacial score (nSPS) is 11.6. The molecule has 0 bridgehead atoms. The van der Waals surface area contributed by atoms with Crippen molar-refractivity contribution in [1.29, 1.82) is 0 Å². The Kier molecular flexibility index (Phi) is 3.52. The molecule has 2 aromatic rings. The Morgan fingerprint density at radius 2 is 1.90 bits per heavy atom. The van der Waals surface area contributed by atoms with Gasteiger partial charge in [-0.3, -0.25) is 4.79 Å². The molecule has 1 heterocycles. The van der Waals surface area contributed by atoms with Crippen molar-refractivity contribution in [3.05, 3.63) is 41.2 Å². The van der Waals surface area contributed by atoms with E-state index in [0.29, 0.717) is 17.7 Å². The molecule has 0 aliphatic carbocycles. The Hall–Kier alpha value is -2.31. The molecular weight excluding hydrogens is 273 g/mol. The van der Waals surface area contributed by atoms with Crippen LogP contribution in [-0.2, 0) is 12.6 Å². The number of nitrogens with zero attached hydrogens (tertiary/aromatic N) is 1. The third-order valence-electron chi connectivity index (χ3n) is 2.82. The summed E-state index contributed by atoms with van der Waals surface area (Å²) in [4.78, 5) is 11.4. The van der Waals surface area contributed by atoms with Gasteiger partial charge in [-0.15, -0.1) is 0 Å². The van der Waals surface area contributed by atoms with E-state index in [1.165, 1.54) is 12.1 Å². The van der Waals surface area contributed by atoms with Crippen LogP contribution in [0.3, 0.4) is 0 Å². The molecular formula is C13H11F3N2O2. The lowest BCUT2D eigenvalue weighted by molar-refractivity contribution is -0.137. The minimum absolute atomic E-state index is 0.104. The summed E-state index contributed by atoms with van der Waals surface area (Å²) in [6.45, 7) is 1.75. The highest BCUT2D eigenvalue weighted by Gasteiger charge is 2.30. The number of amides is 1. The van der Waals surface area contributed by atoms with Gasteiger partial charge in [0.05, 0.1) is 5.56 Å². The Labute approximate surface area is 112 Å². The van der Waals surface area contributed by atoms with E-state index in [4.69, 9.17) is 10.3 Å². The molecule has 2 rings (SSSR count). The number of nitrogens with two attached hydrogens (primary N) is 1. The average Bonchev–Trinajstić information content (AvgIpc) is 2.81. The van der Waals surface area contributed by atoms with Gasteiger partial charge >= 0.3 is 6.18 Å². The highest BCUT2D eigenvalue weighted by Crippen LogP contribution is 2.32. The molecule has 4 nitrogen and oxygen atoms in total. The van der Waals surface area contributed by atoms with E-state index in [1.54, 1.807) is 6.92 Å². The number of halogens is 3. The number of benzene rings is 1. The van der Waals surface area contributed by atoms with Gasteiger partial charge in [-0.05, 0) is 12.1 Å². The molecule has 0 aliphatic heterocycles. The van der Waals surface area contributed by atoms with Crippen LogP contribution in [0.1, 0.15) is 28.6 Å². The number of aryl methyl sites for hydroxylation is 1. The molecule has 2 N–H and O–H groups in total. The second-order valence-electron chi connectivity index (χ2n) is 4.12. The molecule has 0 radical (unpaired) electrons. The van der Waals surface area contributed by atoms with E-state index in [-0.39, 0.29) is 11.3 Å². The number of alkyl halides is 3. The fraction of sp³-hybridized carbons (Fsp3) is 0.231. The van der Waals surface area contributed by atoms with Gasteiger partial charge in [0.25, 0.3) is 5.91 Å². The third-order valence-corrected chi connectivity index (χ3v) is 2.82. The van der Waals surface area contributed by atoms with Gasteiger partial charge < -0.3 is 10.3 Å². The highest BCUT2D eigenvalue weighted by molar-refractivity contribution is 5.99. The lowest BCUT2D eigenvalue weighted by atomic mass is 10.0. The van der Waals surface area contributed by atoms with E-state index < -0.39 is 17.6 Å². The predicted molar refractivity (Wildman–Crippen MR) is 64.8 cm³/mol. The van der Waals surface area contributed by atoms with Crippen molar-refractivity contribution in [2.75, 3.05) is 0 Å². The number of carbonyl (C=O) groups excluding carboxylic acids is 1. The predicted octanol–water partition coefficient (Wildman–Crippen LogP) is 3.02. The maximum Gasteiger partial charge on any atom is 0.416 e. The zero-order valence-corrected chi connectivity index (χ0v) is 10.5. The van der Waals surface area contributed by atoms with Crippen molar-refractivity contribution in [3.8, 4) is 11.3 Å². The molecule has 0 unspecified atom stereocenters. The van der Waals surface area contributed by atoms with Crippen LogP contribution in [0.5, 0.6) is 0 Å². The molecule has 20 heavy (non-hydrogen) atoms. The summed E-state index contributed by atoms with van der Waals surface area (Å²) in [7, 11) is 0. The summed E-state index contributed by atoms with van der Waals surface area (Å²) >= 11 is 0. The zero-order valence-electron chi connectivity index (χ0n) is 10.5. The Bertz CT molecular complexity index is 630. The molecule has 0 saturated heterocycles. The summed E-state index contributed by atoms with van der Waals surface area (Å²) in [6, 6.07) is 4.29.